The van der Waals surface area contributed by atoms with Gasteiger partial charge in [0.1, 0.15) is 11.9 Å². The van der Waals surface area contributed by atoms with Crippen LogP contribution in [-0.4, -0.2) is 34.8 Å². The summed E-state index contributed by atoms with van der Waals surface area (Å²) in [5.41, 5.74) is 6.19. The minimum atomic E-state index is -3.49. The van der Waals surface area contributed by atoms with Gasteiger partial charge < -0.3 is 15.2 Å². The summed E-state index contributed by atoms with van der Waals surface area (Å²) in [5, 5.41) is 0. The molecule has 18 heavy (non-hydrogen) atoms. The molecule has 7 heteroatoms. The van der Waals surface area contributed by atoms with Crippen LogP contribution in [0, 0.1) is 0 Å². The zero-order valence-corrected chi connectivity index (χ0v) is 10.9. The summed E-state index contributed by atoms with van der Waals surface area (Å²) in [7, 11) is -2.13. The molecule has 0 bridgehead atoms. The largest absolute Gasteiger partial charge is 0.486 e. The Hall–Kier alpha value is -1.31. The molecular formula is C11H16N2O4S. The van der Waals surface area contributed by atoms with Crippen LogP contribution in [-0.2, 0) is 14.8 Å². The summed E-state index contributed by atoms with van der Waals surface area (Å²) >= 11 is 0. The highest BCUT2D eigenvalue weighted by Crippen LogP contribution is 2.27. The third kappa shape index (κ3) is 2.74. The van der Waals surface area contributed by atoms with E-state index in [9.17, 15) is 8.42 Å². The van der Waals surface area contributed by atoms with Crippen LogP contribution < -0.4 is 15.2 Å². The van der Waals surface area contributed by atoms with E-state index >= 15 is 0 Å². The van der Waals surface area contributed by atoms with Crippen molar-refractivity contribution in [2.75, 3.05) is 26.0 Å². The number of anilines is 1. The zero-order chi connectivity index (χ0) is 13.2. The smallest absolute Gasteiger partial charge is 0.240 e. The quantitative estimate of drug-likeness (QED) is 0.772. The van der Waals surface area contributed by atoms with Crippen LogP contribution >= 0.6 is 0 Å². The topological polar surface area (TPSA) is 90.7 Å². The van der Waals surface area contributed by atoms with E-state index < -0.39 is 10.0 Å². The number of nitrogen functional groups attached to an aromatic ring is 1. The summed E-state index contributed by atoms with van der Waals surface area (Å²) < 4.78 is 36.4. The van der Waals surface area contributed by atoms with Crippen LogP contribution in [0.3, 0.4) is 0 Å². The van der Waals surface area contributed by atoms with Crippen molar-refractivity contribution in [3.05, 3.63) is 18.2 Å². The second-order valence-electron chi connectivity index (χ2n) is 4.01. The monoisotopic (exact) mass is 272 g/mol. The van der Waals surface area contributed by atoms with Crippen LogP contribution in [0.25, 0.3) is 0 Å². The second-order valence-corrected chi connectivity index (χ2v) is 5.90. The lowest BCUT2D eigenvalue weighted by atomic mass is 10.2. The molecule has 0 saturated carbocycles. The van der Waals surface area contributed by atoms with Gasteiger partial charge in [0.2, 0.25) is 10.0 Å². The molecule has 100 valence electrons. The lowest BCUT2D eigenvalue weighted by molar-refractivity contribution is 0.141. The Bertz CT molecular complexity index is 524. The molecule has 1 aliphatic heterocycles. The van der Waals surface area contributed by atoms with Gasteiger partial charge >= 0.3 is 0 Å². The van der Waals surface area contributed by atoms with Gasteiger partial charge in [0, 0.05) is 12.5 Å². The summed E-state index contributed by atoms with van der Waals surface area (Å²) in [6.45, 7) is 1.15. The maximum atomic E-state index is 11.7. The molecule has 6 nitrogen and oxygen atoms in total. The second kappa shape index (κ2) is 5.13. The van der Waals surface area contributed by atoms with Crippen LogP contribution in [0.1, 0.15) is 6.42 Å². The van der Waals surface area contributed by atoms with E-state index in [1.807, 2.05) is 0 Å². The summed E-state index contributed by atoms with van der Waals surface area (Å²) in [6, 6.07) is 4.40. The van der Waals surface area contributed by atoms with Crippen molar-refractivity contribution < 1.29 is 17.9 Å². The normalized spacial score (nSPS) is 19.9. The van der Waals surface area contributed by atoms with Crippen molar-refractivity contribution >= 4 is 15.7 Å². The lowest BCUT2D eigenvalue weighted by Crippen LogP contribution is -2.20. The van der Waals surface area contributed by atoms with E-state index in [-0.39, 0.29) is 11.0 Å². The average Bonchev–Trinajstić information content (AvgIpc) is 2.84. The van der Waals surface area contributed by atoms with Gasteiger partial charge in [0.25, 0.3) is 0 Å². The Kier molecular flexibility index (Phi) is 3.74. The third-order valence-electron chi connectivity index (χ3n) is 2.75. The molecule has 1 unspecified atom stereocenters. The number of nitrogens with two attached hydrogens (primary N) is 1. The number of benzene rings is 1. The molecule has 1 aromatic carbocycles. The van der Waals surface area contributed by atoms with Gasteiger partial charge in [0.05, 0.1) is 23.8 Å². The Labute approximate surface area is 106 Å². The van der Waals surface area contributed by atoms with Crippen LogP contribution in [0.2, 0.25) is 0 Å². The van der Waals surface area contributed by atoms with E-state index in [1.165, 1.54) is 25.2 Å². The first-order valence-corrected chi connectivity index (χ1v) is 7.09. The first kappa shape index (κ1) is 13.1. The minimum absolute atomic E-state index is 0.0696. The molecule has 3 N–H and O–H groups in total. The highest BCUT2D eigenvalue weighted by molar-refractivity contribution is 7.89. The number of ether oxygens (including phenoxy) is 2. The molecule has 1 fully saturated rings. The Morgan fingerprint density at radius 3 is 2.89 bits per heavy atom. The first-order chi connectivity index (χ1) is 8.53. The van der Waals surface area contributed by atoms with Crippen LogP contribution in [0.4, 0.5) is 5.69 Å². The third-order valence-corrected chi connectivity index (χ3v) is 4.16. The molecule has 0 aliphatic carbocycles. The Balaban J connectivity index is 2.26. The SMILES string of the molecule is CNS(=O)(=O)c1ccc(N)c(OC2CCOC2)c1. The van der Waals surface area contributed by atoms with Gasteiger partial charge in [-0.2, -0.15) is 0 Å². The number of rotatable bonds is 4. The molecule has 1 heterocycles. The average molecular weight is 272 g/mol. The fourth-order valence-corrected chi connectivity index (χ4v) is 2.43. The molecule has 0 spiro atoms. The summed E-state index contributed by atoms with van der Waals surface area (Å²) in [4.78, 5) is 0.133. The van der Waals surface area contributed by atoms with Gasteiger partial charge in [-0.05, 0) is 19.2 Å². The molecule has 1 aliphatic rings. The predicted octanol–water partition coefficient (Wildman–Crippen LogP) is 0.345. The lowest BCUT2D eigenvalue weighted by Gasteiger charge is -2.14. The Morgan fingerprint density at radius 2 is 2.28 bits per heavy atom. The van der Waals surface area contributed by atoms with Gasteiger partial charge in [-0.15, -0.1) is 0 Å². The number of sulfonamides is 1. The van der Waals surface area contributed by atoms with Crippen molar-refractivity contribution in [3.8, 4) is 5.75 Å². The molecule has 0 radical (unpaired) electrons. The highest BCUT2D eigenvalue weighted by atomic mass is 32.2. The van der Waals surface area contributed by atoms with E-state index in [4.69, 9.17) is 15.2 Å². The van der Waals surface area contributed by atoms with Crippen molar-refractivity contribution in [2.45, 2.75) is 17.4 Å². The van der Waals surface area contributed by atoms with Crippen molar-refractivity contribution in [2.24, 2.45) is 0 Å². The van der Waals surface area contributed by atoms with Crippen LogP contribution in [0.15, 0.2) is 23.1 Å². The molecule has 1 saturated heterocycles. The fourth-order valence-electron chi connectivity index (χ4n) is 1.69. The number of hydrogen-bond acceptors (Lipinski definition) is 5. The van der Waals surface area contributed by atoms with E-state index in [2.05, 4.69) is 4.72 Å². The van der Waals surface area contributed by atoms with Crippen molar-refractivity contribution in [1.29, 1.82) is 0 Å². The Morgan fingerprint density at radius 1 is 1.50 bits per heavy atom. The van der Waals surface area contributed by atoms with Gasteiger partial charge in [0.15, 0.2) is 0 Å². The molecule has 1 aromatic rings. The van der Waals surface area contributed by atoms with Gasteiger partial charge in [-0.25, -0.2) is 13.1 Å². The summed E-state index contributed by atoms with van der Waals surface area (Å²) in [5.74, 6) is 0.377. The van der Waals surface area contributed by atoms with Crippen LogP contribution in [0.5, 0.6) is 5.75 Å². The van der Waals surface area contributed by atoms with E-state index in [0.29, 0.717) is 24.7 Å². The van der Waals surface area contributed by atoms with Gasteiger partial charge in [-0.3, -0.25) is 0 Å². The molecule has 0 amide bonds. The highest BCUT2D eigenvalue weighted by Gasteiger charge is 2.20. The number of nitrogens with one attached hydrogen (secondary N) is 1. The maximum absolute atomic E-state index is 11.7. The summed E-state index contributed by atoms with van der Waals surface area (Å²) in [6.07, 6.45) is 0.711. The molecule has 1 atom stereocenters. The first-order valence-electron chi connectivity index (χ1n) is 5.60. The fraction of sp³-hybridized carbons (Fsp3) is 0.455. The predicted molar refractivity (Wildman–Crippen MR) is 67.0 cm³/mol. The van der Waals surface area contributed by atoms with Gasteiger partial charge in [-0.1, -0.05) is 0 Å². The minimum Gasteiger partial charge on any atom is -0.486 e. The standard InChI is InChI=1S/C11H16N2O4S/c1-13-18(14,15)9-2-3-10(12)11(6-9)17-8-4-5-16-7-8/h2-3,6,8,13H,4-5,7,12H2,1H3. The number of hydrogen-bond donors (Lipinski definition) is 2. The maximum Gasteiger partial charge on any atom is 0.240 e. The molecule has 2 rings (SSSR count). The van der Waals surface area contributed by atoms with E-state index in [0.717, 1.165) is 6.42 Å². The molecular weight excluding hydrogens is 256 g/mol. The molecule has 0 aromatic heterocycles. The van der Waals surface area contributed by atoms with E-state index in [1.54, 1.807) is 0 Å². The zero-order valence-electron chi connectivity index (χ0n) is 10.0. The van der Waals surface area contributed by atoms with Crippen molar-refractivity contribution in [3.63, 3.8) is 0 Å². The van der Waals surface area contributed by atoms with Crippen molar-refractivity contribution in [1.82, 2.24) is 4.72 Å².